The summed E-state index contributed by atoms with van der Waals surface area (Å²) < 4.78 is 6.80. The Balaban J connectivity index is 1.53. The van der Waals surface area contributed by atoms with Gasteiger partial charge in [-0.25, -0.2) is 9.21 Å². The van der Waals surface area contributed by atoms with Crippen molar-refractivity contribution in [1.82, 2.24) is 0 Å². The lowest BCUT2D eigenvalue weighted by Crippen LogP contribution is -2.42. The SMILES string of the molecule is CC1=CC(C)(C)N(C)c2cc3[o+]c4cc5c(cc4c(-c4cc(NC(=O)c6ccc(CCl)cc6)ccc4C(=O)O)c3cc21)C(C)=CC(C)(C)N5C. The summed E-state index contributed by atoms with van der Waals surface area (Å²) in [6.07, 6.45) is 4.50. The number of hydrogen-bond donors (Lipinski definition) is 2. The van der Waals surface area contributed by atoms with Crippen LogP contribution in [0, 0.1) is 0 Å². The van der Waals surface area contributed by atoms with E-state index in [1.165, 1.54) is 0 Å². The zero-order valence-electron chi connectivity index (χ0n) is 29.7. The molecule has 7 nitrogen and oxygen atoms in total. The number of amides is 1. The van der Waals surface area contributed by atoms with E-state index in [4.69, 9.17) is 16.0 Å². The normalized spacial score (nSPS) is 16.1. The number of fused-ring (bicyclic) bond motifs is 4. The first-order chi connectivity index (χ1) is 23.6. The van der Waals surface area contributed by atoms with Gasteiger partial charge in [0.15, 0.2) is 0 Å². The average Bonchev–Trinajstić information content (AvgIpc) is 3.07. The molecule has 7 rings (SSSR count). The van der Waals surface area contributed by atoms with Gasteiger partial charge >= 0.3 is 17.1 Å². The van der Waals surface area contributed by atoms with Gasteiger partial charge in [0, 0.05) is 53.5 Å². The van der Waals surface area contributed by atoms with Crippen LogP contribution in [0.4, 0.5) is 17.1 Å². The van der Waals surface area contributed by atoms with Crippen LogP contribution in [0.15, 0.2) is 83.3 Å². The van der Waals surface area contributed by atoms with E-state index >= 15 is 0 Å². The number of carbonyl (C=O) groups is 2. The highest BCUT2D eigenvalue weighted by Crippen LogP contribution is 2.48. The maximum absolute atomic E-state index is 13.4. The van der Waals surface area contributed by atoms with Crippen molar-refractivity contribution in [3.63, 3.8) is 0 Å². The van der Waals surface area contributed by atoms with Gasteiger partial charge in [0.1, 0.15) is 0 Å². The Morgan fingerprint density at radius 2 is 1.28 bits per heavy atom. The first kappa shape index (κ1) is 33.4. The number of halogens is 1. The van der Waals surface area contributed by atoms with E-state index in [1.807, 2.05) is 12.1 Å². The molecule has 0 unspecified atom stereocenters. The lowest BCUT2D eigenvalue weighted by atomic mass is 9.85. The van der Waals surface area contributed by atoms with Crippen LogP contribution in [0.2, 0.25) is 0 Å². The number of carbonyl (C=O) groups excluding carboxylic acids is 1. The van der Waals surface area contributed by atoms with Gasteiger partial charge < -0.3 is 20.2 Å². The molecule has 50 heavy (non-hydrogen) atoms. The molecule has 0 fully saturated rings. The lowest BCUT2D eigenvalue weighted by Gasteiger charge is -2.40. The van der Waals surface area contributed by atoms with Crippen LogP contribution in [-0.4, -0.2) is 42.2 Å². The summed E-state index contributed by atoms with van der Waals surface area (Å²) in [5, 5.41) is 15.1. The number of nitrogens with one attached hydrogen (secondary N) is 1. The molecule has 2 aliphatic heterocycles. The summed E-state index contributed by atoms with van der Waals surface area (Å²) in [5.41, 5.74) is 10.5. The topological polar surface area (TPSA) is 84.2 Å². The molecule has 0 spiro atoms. The summed E-state index contributed by atoms with van der Waals surface area (Å²) >= 11 is 5.95. The van der Waals surface area contributed by atoms with Crippen LogP contribution in [-0.2, 0) is 5.88 Å². The third kappa shape index (κ3) is 5.41. The molecule has 254 valence electrons. The summed E-state index contributed by atoms with van der Waals surface area (Å²) in [7, 11) is 4.16. The van der Waals surface area contributed by atoms with Crippen molar-refractivity contribution >= 4 is 73.6 Å². The van der Waals surface area contributed by atoms with E-state index in [1.54, 1.807) is 30.3 Å². The van der Waals surface area contributed by atoms with Gasteiger partial charge in [-0.2, -0.15) is 0 Å². The molecule has 2 N–H and O–H groups in total. The fourth-order valence-electron chi connectivity index (χ4n) is 7.43. The van der Waals surface area contributed by atoms with Crippen molar-refractivity contribution in [3.05, 3.63) is 107 Å². The van der Waals surface area contributed by atoms with Crippen molar-refractivity contribution in [1.29, 1.82) is 0 Å². The molecule has 0 bridgehead atoms. The number of likely N-dealkylation sites (N-methyl/N-ethyl adjacent to an activating group) is 2. The van der Waals surface area contributed by atoms with Crippen LogP contribution in [0.3, 0.4) is 0 Å². The predicted molar refractivity (Wildman–Crippen MR) is 207 cm³/mol. The number of hydrogen-bond acceptors (Lipinski definition) is 4. The molecule has 0 atom stereocenters. The minimum absolute atomic E-state index is 0.120. The Bertz CT molecular complexity index is 2240. The maximum atomic E-state index is 13.4. The minimum atomic E-state index is -1.07. The Morgan fingerprint density at radius 3 is 1.76 bits per heavy atom. The molecule has 0 aliphatic carbocycles. The predicted octanol–water partition coefficient (Wildman–Crippen LogP) is 10.5. The van der Waals surface area contributed by atoms with Crippen molar-refractivity contribution in [2.75, 3.05) is 29.2 Å². The second kappa shape index (κ2) is 11.7. The number of anilines is 3. The lowest BCUT2D eigenvalue weighted by molar-refractivity contribution is 0.0697. The van der Waals surface area contributed by atoms with Gasteiger partial charge in [0.2, 0.25) is 0 Å². The molecule has 4 aromatic carbocycles. The first-order valence-electron chi connectivity index (χ1n) is 16.7. The highest BCUT2D eigenvalue weighted by atomic mass is 35.5. The Labute approximate surface area is 297 Å². The molecular weight excluding hydrogens is 646 g/mol. The maximum Gasteiger partial charge on any atom is 0.363 e. The van der Waals surface area contributed by atoms with E-state index in [0.717, 1.165) is 55.5 Å². The molecular formula is C42H41ClN3O4+. The summed E-state index contributed by atoms with van der Waals surface area (Å²) in [4.78, 5) is 30.8. The highest BCUT2D eigenvalue weighted by molar-refractivity contribution is 6.17. The average molecular weight is 687 g/mol. The number of rotatable bonds is 5. The third-order valence-corrected chi connectivity index (χ3v) is 10.9. The van der Waals surface area contributed by atoms with Gasteiger partial charge in [-0.15, -0.1) is 11.6 Å². The second-order valence-electron chi connectivity index (χ2n) is 14.6. The Hall–Kier alpha value is -5.14. The molecule has 1 aromatic heterocycles. The smallest absolute Gasteiger partial charge is 0.363 e. The standard InChI is InChI=1S/C42H40ClN3O4/c1-23-20-41(3,4)45(7)34-18-36-32(16-29(23)34)38(33-17-30-24(2)21-42(5,6)46(8)35(30)19-37(33)50-36)31-15-27(13-14-28(31)40(48)49)44-39(47)26-11-9-25(22-43)10-12-26/h9-21H,22H2,1-8H3,(H-,44,47,48,49)/p+1. The van der Waals surface area contributed by atoms with Gasteiger partial charge in [0.25, 0.3) is 5.91 Å². The second-order valence-corrected chi connectivity index (χ2v) is 14.9. The first-order valence-corrected chi connectivity index (χ1v) is 17.3. The fraction of sp³-hybridized carbons (Fsp3) is 0.262. The number of carboxylic acid groups (broad SMARTS) is 1. The number of benzene rings is 4. The third-order valence-electron chi connectivity index (χ3n) is 10.5. The molecule has 1 amide bonds. The van der Waals surface area contributed by atoms with E-state index in [-0.39, 0.29) is 22.5 Å². The number of allylic oxidation sites excluding steroid dienone is 2. The Morgan fingerprint density at radius 1 is 0.760 bits per heavy atom. The van der Waals surface area contributed by atoms with E-state index < -0.39 is 5.97 Å². The van der Waals surface area contributed by atoms with Crippen LogP contribution in [0.5, 0.6) is 0 Å². The quantitative estimate of drug-likeness (QED) is 0.109. The van der Waals surface area contributed by atoms with E-state index in [9.17, 15) is 14.7 Å². The van der Waals surface area contributed by atoms with Gasteiger partial charge in [-0.3, -0.25) is 4.79 Å². The van der Waals surface area contributed by atoms with Crippen molar-refractivity contribution in [2.24, 2.45) is 0 Å². The van der Waals surface area contributed by atoms with E-state index in [0.29, 0.717) is 33.9 Å². The van der Waals surface area contributed by atoms with Gasteiger partial charge in [0.05, 0.1) is 50.9 Å². The van der Waals surface area contributed by atoms with E-state index in [2.05, 4.69) is 107 Å². The van der Waals surface area contributed by atoms with Crippen LogP contribution >= 0.6 is 11.6 Å². The monoisotopic (exact) mass is 686 g/mol. The van der Waals surface area contributed by atoms with Crippen molar-refractivity contribution in [3.8, 4) is 11.1 Å². The van der Waals surface area contributed by atoms with Crippen LogP contribution in [0.1, 0.15) is 78.9 Å². The minimum Gasteiger partial charge on any atom is -0.478 e. The van der Waals surface area contributed by atoms with Gasteiger partial charge in [-0.1, -0.05) is 24.3 Å². The largest absolute Gasteiger partial charge is 0.478 e. The zero-order valence-corrected chi connectivity index (χ0v) is 30.4. The van der Waals surface area contributed by atoms with Crippen molar-refractivity contribution in [2.45, 2.75) is 58.5 Å². The van der Waals surface area contributed by atoms with Crippen LogP contribution in [0.25, 0.3) is 44.2 Å². The Kier molecular flexibility index (Phi) is 7.83. The van der Waals surface area contributed by atoms with Crippen molar-refractivity contribution < 1.29 is 19.1 Å². The molecule has 0 saturated heterocycles. The number of nitrogens with zero attached hydrogens (tertiary/aromatic N) is 2. The fourth-order valence-corrected chi connectivity index (χ4v) is 7.61. The number of alkyl halides is 1. The molecule has 5 aromatic rings. The zero-order chi connectivity index (χ0) is 35.9. The number of carboxylic acids is 1. The summed E-state index contributed by atoms with van der Waals surface area (Å²) in [5.74, 6) is -1.02. The molecule has 2 aliphatic rings. The highest BCUT2D eigenvalue weighted by Gasteiger charge is 2.35. The van der Waals surface area contributed by atoms with Gasteiger partial charge in [-0.05, 0) is 101 Å². The van der Waals surface area contributed by atoms with Crippen LogP contribution < -0.4 is 15.1 Å². The summed E-state index contributed by atoms with van der Waals surface area (Å²) in [6, 6.07) is 20.4. The molecule has 8 heteroatoms. The molecule has 0 radical (unpaired) electrons. The number of aromatic carboxylic acids is 1. The summed E-state index contributed by atoms with van der Waals surface area (Å²) in [6.45, 7) is 12.9. The molecule has 3 heterocycles. The molecule has 0 saturated carbocycles.